The van der Waals surface area contributed by atoms with Gasteiger partial charge in [0.05, 0.1) is 23.9 Å². The number of carbonyl (C=O) groups excluding carboxylic acids is 3. The Bertz CT molecular complexity index is 1080. The lowest BCUT2D eigenvalue weighted by atomic mass is 10.1. The van der Waals surface area contributed by atoms with Crippen LogP contribution in [0.4, 0.5) is 16.2 Å². The summed E-state index contributed by atoms with van der Waals surface area (Å²) in [4.78, 5) is 44.2. The number of amides is 3. The van der Waals surface area contributed by atoms with Gasteiger partial charge in [0.1, 0.15) is 36.8 Å². The Morgan fingerprint density at radius 1 is 1.25 bits per heavy atom. The fourth-order valence-corrected chi connectivity index (χ4v) is 4.06. The highest BCUT2D eigenvalue weighted by molar-refractivity contribution is 6.30. The number of carbonyl (C=O) groups is 3. The van der Waals surface area contributed by atoms with Crippen molar-refractivity contribution >= 4 is 40.9 Å². The maximum Gasteiger partial charge on any atom is 0.415 e. The normalized spacial score (nSPS) is 22.0. The summed E-state index contributed by atoms with van der Waals surface area (Å²) in [6, 6.07) is 7.93. The topological polar surface area (TPSA) is 110 Å². The Hall–Kier alpha value is -3.37. The molecule has 0 spiro atoms. The number of ether oxygens (including phenoxy) is 3. The van der Waals surface area contributed by atoms with Gasteiger partial charge in [-0.2, -0.15) is 0 Å². The van der Waals surface area contributed by atoms with Crippen LogP contribution in [0.1, 0.15) is 10.5 Å². The van der Waals surface area contributed by atoms with Gasteiger partial charge in [-0.1, -0.05) is 11.6 Å². The number of nitrogens with one attached hydrogen (secondary N) is 1. The van der Waals surface area contributed by atoms with Crippen LogP contribution in [-0.4, -0.2) is 67.9 Å². The van der Waals surface area contributed by atoms with Gasteiger partial charge < -0.3 is 24.4 Å². The fraction of sp³-hybridized carbons (Fsp3) is 0.333. The molecule has 1 N–H and O–H groups in total. The third-order valence-corrected chi connectivity index (χ3v) is 5.77. The molecule has 0 bridgehead atoms. The molecule has 2 atom stereocenters. The van der Waals surface area contributed by atoms with E-state index in [1.807, 2.05) is 0 Å². The molecule has 3 amide bonds. The van der Waals surface area contributed by atoms with Crippen LogP contribution in [0.3, 0.4) is 0 Å². The molecule has 11 heteroatoms. The highest BCUT2D eigenvalue weighted by atomic mass is 35.5. The van der Waals surface area contributed by atoms with Crippen LogP contribution in [0.5, 0.6) is 5.75 Å². The smallest absolute Gasteiger partial charge is 0.415 e. The van der Waals surface area contributed by atoms with E-state index in [4.69, 9.17) is 25.8 Å². The standard InChI is InChI=1S/C21H19ClN4O6/c22-12-1-3-14(23-8-12)20(28)24-9-18-16-10-31-17-7-13(25-5-6-30-11-19(25)27)2-4-15(17)26(16)21(29)32-18/h1-4,7-8,16,18H,5-6,9-11H2,(H,24,28). The monoisotopic (exact) mass is 458 g/mol. The van der Waals surface area contributed by atoms with Crippen LogP contribution >= 0.6 is 11.6 Å². The average Bonchev–Trinajstić information content (AvgIpc) is 3.13. The summed E-state index contributed by atoms with van der Waals surface area (Å²) < 4.78 is 16.6. The van der Waals surface area contributed by atoms with Crippen LogP contribution in [0.15, 0.2) is 36.5 Å². The van der Waals surface area contributed by atoms with Crippen molar-refractivity contribution in [3.63, 3.8) is 0 Å². The first-order chi connectivity index (χ1) is 15.5. The maximum atomic E-state index is 12.6. The Morgan fingerprint density at radius 3 is 2.91 bits per heavy atom. The molecule has 1 aromatic heterocycles. The predicted molar refractivity (Wildman–Crippen MR) is 113 cm³/mol. The second kappa shape index (κ2) is 8.29. The highest BCUT2D eigenvalue weighted by Crippen LogP contribution is 2.41. The first kappa shape index (κ1) is 20.5. The average molecular weight is 459 g/mol. The third-order valence-electron chi connectivity index (χ3n) is 5.54. The van der Waals surface area contributed by atoms with Gasteiger partial charge in [-0.25, -0.2) is 9.78 Å². The van der Waals surface area contributed by atoms with E-state index in [-0.39, 0.29) is 31.4 Å². The molecule has 3 aliphatic rings. The Morgan fingerprint density at radius 2 is 2.12 bits per heavy atom. The first-order valence-corrected chi connectivity index (χ1v) is 10.4. The summed E-state index contributed by atoms with van der Waals surface area (Å²) in [5, 5.41) is 3.17. The van der Waals surface area contributed by atoms with Crippen LogP contribution in [0.25, 0.3) is 0 Å². The van der Waals surface area contributed by atoms with Gasteiger partial charge in [-0.05, 0) is 24.3 Å². The molecule has 2 fully saturated rings. The quantitative estimate of drug-likeness (QED) is 0.741. The van der Waals surface area contributed by atoms with Gasteiger partial charge in [0, 0.05) is 24.5 Å². The summed E-state index contributed by atoms with van der Waals surface area (Å²) in [5.74, 6) is -0.0328. The lowest BCUT2D eigenvalue weighted by Gasteiger charge is -2.33. The molecule has 4 heterocycles. The summed E-state index contributed by atoms with van der Waals surface area (Å²) in [5.41, 5.74) is 1.46. The van der Waals surface area contributed by atoms with E-state index in [1.165, 1.54) is 17.2 Å². The molecule has 2 aromatic rings. The van der Waals surface area contributed by atoms with E-state index in [0.29, 0.717) is 35.3 Å². The predicted octanol–water partition coefficient (Wildman–Crippen LogP) is 1.61. The van der Waals surface area contributed by atoms with Gasteiger partial charge >= 0.3 is 6.09 Å². The van der Waals surface area contributed by atoms with Crippen molar-refractivity contribution in [2.24, 2.45) is 0 Å². The minimum absolute atomic E-state index is 0.0391. The molecule has 3 aliphatic heterocycles. The molecule has 0 radical (unpaired) electrons. The second-order valence-corrected chi connectivity index (χ2v) is 7.93. The van der Waals surface area contributed by atoms with Crippen molar-refractivity contribution in [2.75, 3.05) is 42.7 Å². The summed E-state index contributed by atoms with van der Waals surface area (Å²) in [6.07, 6.45) is 0.282. The molecule has 2 unspecified atom stereocenters. The van der Waals surface area contributed by atoms with Crippen LogP contribution in [-0.2, 0) is 14.3 Å². The number of hydrogen-bond acceptors (Lipinski definition) is 7. The molecule has 0 saturated carbocycles. The highest BCUT2D eigenvalue weighted by Gasteiger charge is 2.46. The first-order valence-electron chi connectivity index (χ1n) is 10.1. The molecule has 1 aromatic carbocycles. The molecular weight excluding hydrogens is 440 g/mol. The van der Waals surface area contributed by atoms with Crippen molar-refractivity contribution in [3.05, 3.63) is 47.2 Å². The van der Waals surface area contributed by atoms with E-state index in [9.17, 15) is 14.4 Å². The Labute approximate surface area is 188 Å². The van der Waals surface area contributed by atoms with Gasteiger partial charge in [0.25, 0.3) is 11.8 Å². The number of benzene rings is 1. The molecule has 32 heavy (non-hydrogen) atoms. The van der Waals surface area contributed by atoms with Crippen molar-refractivity contribution in [1.29, 1.82) is 0 Å². The summed E-state index contributed by atoms with van der Waals surface area (Å²) >= 11 is 5.80. The van der Waals surface area contributed by atoms with Gasteiger partial charge in [-0.3, -0.25) is 14.5 Å². The maximum absolute atomic E-state index is 12.6. The molecule has 0 aliphatic carbocycles. The number of morpholine rings is 1. The zero-order chi connectivity index (χ0) is 22.2. The Balaban J connectivity index is 1.29. The van der Waals surface area contributed by atoms with E-state index < -0.39 is 24.1 Å². The van der Waals surface area contributed by atoms with Gasteiger partial charge in [0.2, 0.25) is 0 Å². The molecule has 10 nitrogen and oxygen atoms in total. The van der Waals surface area contributed by atoms with Crippen molar-refractivity contribution < 1.29 is 28.6 Å². The van der Waals surface area contributed by atoms with Crippen molar-refractivity contribution in [2.45, 2.75) is 12.1 Å². The number of fused-ring (bicyclic) bond motifs is 3. The number of pyridine rings is 1. The van der Waals surface area contributed by atoms with Crippen LogP contribution in [0.2, 0.25) is 5.02 Å². The van der Waals surface area contributed by atoms with Crippen LogP contribution in [0, 0.1) is 0 Å². The third kappa shape index (κ3) is 3.71. The number of anilines is 2. The Kier molecular flexibility index (Phi) is 5.32. The van der Waals surface area contributed by atoms with E-state index in [1.54, 1.807) is 29.2 Å². The molecule has 5 rings (SSSR count). The zero-order valence-electron chi connectivity index (χ0n) is 16.8. The summed E-state index contributed by atoms with van der Waals surface area (Å²) in [7, 11) is 0. The zero-order valence-corrected chi connectivity index (χ0v) is 17.6. The summed E-state index contributed by atoms with van der Waals surface area (Å²) in [6.45, 7) is 1.25. The SMILES string of the molecule is O=C(NCC1OC(=O)N2c3ccc(N4CCOCC4=O)cc3OCC12)c1ccc(Cl)cn1. The minimum atomic E-state index is -0.590. The van der Waals surface area contributed by atoms with E-state index >= 15 is 0 Å². The largest absolute Gasteiger partial charge is 0.489 e. The van der Waals surface area contributed by atoms with Gasteiger partial charge in [0.15, 0.2) is 0 Å². The van der Waals surface area contributed by atoms with Crippen LogP contribution < -0.4 is 19.9 Å². The van der Waals surface area contributed by atoms with Gasteiger partial charge in [-0.15, -0.1) is 0 Å². The number of halogens is 1. The number of aromatic nitrogens is 1. The van der Waals surface area contributed by atoms with E-state index in [0.717, 1.165) is 0 Å². The number of cyclic esters (lactones) is 1. The van der Waals surface area contributed by atoms with E-state index in [2.05, 4.69) is 10.3 Å². The lowest BCUT2D eigenvalue weighted by Crippen LogP contribution is -2.48. The minimum Gasteiger partial charge on any atom is -0.489 e. The molecular formula is C21H19ClN4O6. The number of nitrogens with zero attached hydrogens (tertiary/aromatic N) is 3. The number of hydrogen-bond donors (Lipinski definition) is 1. The second-order valence-electron chi connectivity index (χ2n) is 7.49. The molecule has 2 saturated heterocycles. The molecule has 166 valence electrons. The number of rotatable bonds is 4. The van der Waals surface area contributed by atoms with Crippen molar-refractivity contribution in [1.82, 2.24) is 10.3 Å². The fourth-order valence-electron chi connectivity index (χ4n) is 3.95. The van der Waals surface area contributed by atoms with Crippen molar-refractivity contribution in [3.8, 4) is 5.75 Å². The lowest BCUT2D eigenvalue weighted by molar-refractivity contribution is -0.125.